The van der Waals surface area contributed by atoms with Crippen LogP contribution in [-0.2, 0) is 28.9 Å². The third-order valence-corrected chi connectivity index (χ3v) is 4.56. The van der Waals surface area contributed by atoms with Gasteiger partial charge in [0.25, 0.3) is 0 Å². The second kappa shape index (κ2) is 5.53. The van der Waals surface area contributed by atoms with Crippen molar-refractivity contribution < 1.29 is 18.7 Å². The molecule has 1 atom stereocenters. The van der Waals surface area contributed by atoms with E-state index >= 15 is 0 Å². The number of rotatable bonds is 4. The van der Waals surface area contributed by atoms with Crippen molar-refractivity contribution in [2.45, 2.75) is 45.8 Å². The third-order valence-electron chi connectivity index (χ3n) is 4.56. The first kappa shape index (κ1) is 14.5. The average molecular weight is 316 g/mol. The van der Waals surface area contributed by atoms with Gasteiger partial charge in [-0.15, -0.1) is 0 Å². The van der Waals surface area contributed by atoms with E-state index in [4.69, 9.17) is 19.0 Å². The van der Waals surface area contributed by atoms with Gasteiger partial charge in [0.05, 0.1) is 24.9 Å². The van der Waals surface area contributed by atoms with E-state index in [9.17, 15) is 4.79 Å². The van der Waals surface area contributed by atoms with E-state index in [2.05, 4.69) is 6.20 Å². The number of fused-ring (bicyclic) bond motifs is 3. The summed E-state index contributed by atoms with van der Waals surface area (Å²) in [5.74, 6) is 0.744. The first-order valence-electron chi connectivity index (χ1n) is 8.15. The largest absolute Gasteiger partial charge is 0.460 e. The number of aryl methyl sites for hydroxylation is 2. The minimum absolute atomic E-state index is 0.274. The summed E-state index contributed by atoms with van der Waals surface area (Å²) in [5, 5.41) is 4.72. The lowest BCUT2D eigenvalue weighted by Crippen LogP contribution is -2.31. The molecule has 0 spiro atoms. The topological polar surface area (TPSA) is 66.5 Å². The molecule has 0 aromatic carbocycles. The number of hydrogen-bond donors (Lipinski definition) is 0. The molecule has 1 unspecified atom stereocenters. The number of ether oxygens (including phenoxy) is 2. The first-order valence-corrected chi connectivity index (χ1v) is 8.15. The Bertz CT molecular complexity index is 755. The number of aromatic nitrogens is 2. The maximum absolute atomic E-state index is 12.0. The Morgan fingerprint density at radius 3 is 3.00 bits per heavy atom. The molecule has 1 fully saturated rings. The van der Waals surface area contributed by atoms with Gasteiger partial charge < -0.3 is 13.9 Å². The van der Waals surface area contributed by atoms with Crippen LogP contribution < -0.4 is 0 Å². The fraction of sp³-hybridized carbons (Fsp3) is 0.529. The van der Waals surface area contributed by atoms with Gasteiger partial charge in [-0.05, 0) is 32.3 Å². The number of nitrogens with zero attached hydrogens (tertiary/aromatic N) is 2. The van der Waals surface area contributed by atoms with Crippen LogP contribution in [0.2, 0.25) is 0 Å². The molecule has 2 aromatic rings. The smallest absolute Gasteiger partial charge is 0.374 e. The van der Waals surface area contributed by atoms with Crippen LogP contribution >= 0.6 is 0 Å². The van der Waals surface area contributed by atoms with Crippen LogP contribution in [0.1, 0.15) is 40.8 Å². The fourth-order valence-corrected chi connectivity index (χ4v) is 3.29. The highest BCUT2D eigenvalue weighted by atomic mass is 16.5. The first-order chi connectivity index (χ1) is 11.2. The zero-order valence-corrected chi connectivity index (χ0v) is 13.4. The quantitative estimate of drug-likeness (QED) is 0.811. The van der Waals surface area contributed by atoms with Crippen LogP contribution in [0.4, 0.5) is 0 Å². The number of carbonyl (C=O) groups excluding carboxylic acids is 1. The van der Waals surface area contributed by atoms with Gasteiger partial charge in [0.15, 0.2) is 0 Å². The Morgan fingerprint density at radius 2 is 2.30 bits per heavy atom. The number of carbonyl (C=O) groups is 1. The van der Waals surface area contributed by atoms with Crippen LogP contribution in [-0.4, -0.2) is 35.1 Å². The highest BCUT2D eigenvalue weighted by Crippen LogP contribution is 2.38. The predicted octanol–water partition coefficient (Wildman–Crippen LogP) is 2.52. The van der Waals surface area contributed by atoms with Crippen molar-refractivity contribution >= 4 is 5.97 Å². The van der Waals surface area contributed by atoms with Crippen molar-refractivity contribution in [3.05, 3.63) is 28.8 Å². The van der Waals surface area contributed by atoms with Crippen LogP contribution in [0.25, 0.3) is 11.3 Å². The van der Waals surface area contributed by atoms with Crippen molar-refractivity contribution in [1.29, 1.82) is 0 Å². The maximum atomic E-state index is 12.0. The Balaban J connectivity index is 1.69. The molecule has 2 aromatic heterocycles. The molecule has 122 valence electrons. The summed E-state index contributed by atoms with van der Waals surface area (Å²) in [5.41, 5.74) is 3.92. The van der Waals surface area contributed by atoms with E-state index in [1.54, 1.807) is 6.92 Å². The van der Waals surface area contributed by atoms with Crippen LogP contribution in [0.15, 0.2) is 10.6 Å². The SMILES string of the molecule is CCOC(=O)c1oc2c(c1C)-c1nn(CC3CCO3)cc1CC2. The summed E-state index contributed by atoms with van der Waals surface area (Å²) in [4.78, 5) is 12.0. The lowest BCUT2D eigenvalue weighted by Gasteiger charge is -2.26. The zero-order valence-electron chi connectivity index (χ0n) is 13.4. The van der Waals surface area contributed by atoms with Gasteiger partial charge in [-0.2, -0.15) is 5.10 Å². The summed E-state index contributed by atoms with van der Waals surface area (Å²) in [6.07, 6.45) is 5.12. The lowest BCUT2D eigenvalue weighted by atomic mass is 9.94. The van der Waals surface area contributed by atoms with Crippen molar-refractivity contribution in [3.8, 4) is 11.3 Å². The molecular formula is C17H20N2O4. The van der Waals surface area contributed by atoms with Crippen molar-refractivity contribution in [2.75, 3.05) is 13.2 Å². The minimum Gasteiger partial charge on any atom is -0.460 e. The molecule has 3 heterocycles. The van der Waals surface area contributed by atoms with E-state index in [0.717, 1.165) is 55.0 Å². The summed E-state index contributed by atoms with van der Waals surface area (Å²) in [7, 11) is 0. The Labute approximate surface area is 134 Å². The van der Waals surface area contributed by atoms with Gasteiger partial charge in [0.1, 0.15) is 5.76 Å². The molecule has 6 nitrogen and oxygen atoms in total. The molecule has 23 heavy (non-hydrogen) atoms. The molecule has 1 saturated heterocycles. The predicted molar refractivity (Wildman–Crippen MR) is 82.4 cm³/mol. The Kier molecular flexibility index (Phi) is 3.49. The van der Waals surface area contributed by atoms with Crippen molar-refractivity contribution in [2.24, 2.45) is 0 Å². The molecule has 0 radical (unpaired) electrons. The number of esters is 1. The van der Waals surface area contributed by atoms with Crippen LogP contribution in [0.5, 0.6) is 0 Å². The van der Waals surface area contributed by atoms with Crippen LogP contribution in [0, 0.1) is 6.92 Å². The van der Waals surface area contributed by atoms with Crippen molar-refractivity contribution in [1.82, 2.24) is 9.78 Å². The Morgan fingerprint density at radius 1 is 1.48 bits per heavy atom. The molecule has 1 aliphatic carbocycles. The van der Waals surface area contributed by atoms with Gasteiger partial charge in [-0.1, -0.05) is 0 Å². The van der Waals surface area contributed by atoms with E-state index in [1.165, 1.54) is 5.56 Å². The van der Waals surface area contributed by atoms with E-state index in [-0.39, 0.29) is 6.10 Å². The van der Waals surface area contributed by atoms with E-state index in [1.807, 2.05) is 11.6 Å². The maximum Gasteiger partial charge on any atom is 0.374 e. The summed E-state index contributed by atoms with van der Waals surface area (Å²) in [6.45, 7) is 5.66. The summed E-state index contributed by atoms with van der Waals surface area (Å²) in [6, 6.07) is 0. The molecule has 0 amide bonds. The van der Waals surface area contributed by atoms with E-state index < -0.39 is 5.97 Å². The van der Waals surface area contributed by atoms with Gasteiger partial charge in [-0.25, -0.2) is 4.79 Å². The standard InChI is InChI=1S/C17H20N2O4/c1-3-21-17(20)16-10(2)14-13(23-16)5-4-11-8-19(18-15(11)14)9-12-6-7-22-12/h8,12H,3-7,9H2,1-2H3. The number of furan rings is 1. The molecule has 6 heteroatoms. The van der Waals surface area contributed by atoms with Gasteiger partial charge >= 0.3 is 5.97 Å². The van der Waals surface area contributed by atoms with Gasteiger partial charge in [0, 0.05) is 30.4 Å². The monoisotopic (exact) mass is 316 g/mol. The second-order valence-corrected chi connectivity index (χ2v) is 6.08. The molecular weight excluding hydrogens is 296 g/mol. The Hall–Kier alpha value is -2.08. The molecule has 0 bridgehead atoms. The van der Waals surface area contributed by atoms with Crippen LogP contribution in [0.3, 0.4) is 0 Å². The summed E-state index contributed by atoms with van der Waals surface area (Å²) < 4.78 is 18.3. The highest BCUT2D eigenvalue weighted by Gasteiger charge is 2.30. The fourth-order valence-electron chi connectivity index (χ4n) is 3.29. The average Bonchev–Trinajstić information content (AvgIpc) is 3.04. The van der Waals surface area contributed by atoms with Crippen molar-refractivity contribution in [3.63, 3.8) is 0 Å². The normalized spacial score (nSPS) is 19.0. The lowest BCUT2D eigenvalue weighted by molar-refractivity contribution is -0.0608. The molecule has 0 saturated carbocycles. The number of hydrogen-bond acceptors (Lipinski definition) is 5. The third kappa shape index (κ3) is 2.37. The highest BCUT2D eigenvalue weighted by molar-refractivity contribution is 5.91. The minimum atomic E-state index is -0.400. The molecule has 1 aliphatic heterocycles. The van der Waals surface area contributed by atoms with Gasteiger partial charge in [-0.3, -0.25) is 4.68 Å². The zero-order chi connectivity index (χ0) is 16.0. The summed E-state index contributed by atoms with van der Waals surface area (Å²) >= 11 is 0. The molecule has 4 rings (SSSR count). The second-order valence-electron chi connectivity index (χ2n) is 6.08. The molecule has 2 aliphatic rings. The van der Waals surface area contributed by atoms with Gasteiger partial charge in [0.2, 0.25) is 5.76 Å². The van der Waals surface area contributed by atoms with E-state index in [0.29, 0.717) is 12.4 Å². The molecule has 0 N–H and O–H groups in total.